The van der Waals surface area contributed by atoms with E-state index in [0.717, 1.165) is 45.1 Å². The molecule has 19 heavy (non-hydrogen) atoms. The second-order valence-electron chi connectivity index (χ2n) is 5.92. The van der Waals surface area contributed by atoms with Crippen LogP contribution in [0.5, 0.6) is 0 Å². The molecule has 108 valence electrons. The van der Waals surface area contributed by atoms with Crippen LogP contribution in [0, 0.1) is 0 Å². The lowest BCUT2D eigenvalue weighted by Gasteiger charge is -2.32. The van der Waals surface area contributed by atoms with Crippen molar-refractivity contribution in [3.05, 3.63) is 0 Å². The van der Waals surface area contributed by atoms with Crippen molar-refractivity contribution in [1.82, 2.24) is 10.2 Å². The highest BCUT2D eigenvalue weighted by Gasteiger charge is 2.41. The monoisotopic (exact) mass is 268 g/mol. The lowest BCUT2D eigenvalue weighted by Crippen LogP contribution is -2.58. The SMILES string of the molecule is CC1CCCN1C(=O)NC1(C(=O)O)CCCCCC1. The van der Waals surface area contributed by atoms with Gasteiger partial charge in [0.05, 0.1) is 0 Å². The first-order valence-electron chi connectivity index (χ1n) is 7.37. The normalized spacial score (nSPS) is 26.8. The molecule has 0 spiro atoms. The summed E-state index contributed by atoms with van der Waals surface area (Å²) in [7, 11) is 0. The number of nitrogens with one attached hydrogen (secondary N) is 1. The van der Waals surface area contributed by atoms with Gasteiger partial charge < -0.3 is 15.3 Å². The molecular weight excluding hydrogens is 244 g/mol. The van der Waals surface area contributed by atoms with Gasteiger partial charge in [0, 0.05) is 12.6 Å². The molecule has 2 rings (SSSR count). The third-order valence-electron chi connectivity index (χ3n) is 4.53. The molecule has 2 amide bonds. The molecule has 1 aliphatic heterocycles. The topological polar surface area (TPSA) is 69.6 Å². The smallest absolute Gasteiger partial charge is 0.329 e. The Kier molecular flexibility index (Phi) is 4.32. The molecular formula is C14H24N2O3. The molecule has 2 aliphatic rings. The van der Waals surface area contributed by atoms with Crippen molar-refractivity contribution in [3.63, 3.8) is 0 Å². The van der Waals surface area contributed by atoms with E-state index >= 15 is 0 Å². The average molecular weight is 268 g/mol. The summed E-state index contributed by atoms with van der Waals surface area (Å²) in [6.45, 7) is 2.76. The fourth-order valence-corrected chi connectivity index (χ4v) is 3.24. The second-order valence-corrected chi connectivity index (χ2v) is 5.92. The molecule has 0 radical (unpaired) electrons. The van der Waals surface area contributed by atoms with E-state index in [-0.39, 0.29) is 12.1 Å². The molecule has 1 saturated heterocycles. The number of rotatable bonds is 2. The second kappa shape index (κ2) is 5.80. The molecule has 1 unspecified atom stereocenters. The Morgan fingerprint density at radius 1 is 1.16 bits per heavy atom. The number of amides is 2. The summed E-state index contributed by atoms with van der Waals surface area (Å²) in [5.41, 5.74) is -1.05. The van der Waals surface area contributed by atoms with Gasteiger partial charge in [-0.3, -0.25) is 0 Å². The number of carboxylic acid groups (broad SMARTS) is 1. The van der Waals surface area contributed by atoms with E-state index in [1.165, 1.54) is 0 Å². The summed E-state index contributed by atoms with van der Waals surface area (Å²) in [6, 6.07) is 0.0194. The number of hydrogen-bond acceptors (Lipinski definition) is 2. The Morgan fingerprint density at radius 3 is 2.26 bits per heavy atom. The van der Waals surface area contributed by atoms with Gasteiger partial charge in [0.1, 0.15) is 5.54 Å². The molecule has 0 bridgehead atoms. The van der Waals surface area contributed by atoms with E-state index in [4.69, 9.17) is 0 Å². The highest BCUT2D eigenvalue weighted by molar-refractivity contribution is 5.86. The van der Waals surface area contributed by atoms with Gasteiger partial charge in [-0.15, -0.1) is 0 Å². The average Bonchev–Trinajstić information content (AvgIpc) is 2.64. The van der Waals surface area contributed by atoms with Crippen molar-refractivity contribution in [2.75, 3.05) is 6.54 Å². The summed E-state index contributed by atoms with van der Waals surface area (Å²) < 4.78 is 0. The first-order chi connectivity index (χ1) is 9.05. The number of carbonyl (C=O) groups is 2. The first kappa shape index (κ1) is 14.2. The maximum atomic E-state index is 12.3. The van der Waals surface area contributed by atoms with Crippen molar-refractivity contribution < 1.29 is 14.7 Å². The molecule has 1 atom stereocenters. The fraction of sp³-hybridized carbons (Fsp3) is 0.857. The summed E-state index contributed by atoms with van der Waals surface area (Å²) in [5, 5.41) is 12.4. The molecule has 1 aliphatic carbocycles. The number of carbonyl (C=O) groups excluding carboxylic acids is 1. The van der Waals surface area contributed by atoms with E-state index in [1.807, 2.05) is 6.92 Å². The van der Waals surface area contributed by atoms with Gasteiger partial charge in [-0.25, -0.2) is 9.59 Å². The van der Waals surface area contributed by atoms with E-state index in [2.05, 4.69) is 5.32 Å². The van der Waals surface area contributed by atoms with Gasteiger partial charge >= 0.3 is 12.0 Å². The van der Waals surface area contributed by atoms with Crippen LogP contribution in [0.1, 0.15) is 58.3 Å². The Balaban J connectivity index is 2.07. The molecule has 0 aromatic carbocycles. The van der Waals surface area contributed by atoms with E-state index in [9.17, 15) is 14.7 Å². The molecule has 5 heteroatoms. The quantitative estimate of drug-likeness (QED) is 0.755. The number of aliphatic carboxylic acids is 1. The van der Waals surface area contributed by atoms with Gasteiger partial charge in [-0.1, -0.05) is 25.7 Å². The molecule has 1 heterocycles. The minimum Gasteiger partial charge on any atom is -0.480 e. The Morgan fingerprint density at radius 2 is 1.79 bits per heavy atom. The highest BCUT2D eigenvalue weighted by Crippen LogP contribution is 2.28. The van der Waals surface area contributed by atoms with Crippen LogP contribution in [-0.4, -0.2) is 40.1 Å². The van der Waals surface area contributed by atoms with Gasteiger partial charge in [0.15, 0.2) is 0 Å². The predicted molar refractivity (Wildman–Crippen MR) is 72.0 cm³/mol. The van der Waals surface area contributed by atoms with Crippen LogP contribution >= 0.6 is 0 Å². The molecule has 2 N–H and O–H groups in total. The first-order valence-corrected chi connectivity index (χ1v) is 7.37. The number of carboxylic acids is 1. The number of likely N-dealkylation sites (tertiary alicyclic amines) is 1. The van der Waals surface area contributed by atoms with Gasteiger partial charge in [-0.05, 0) is 32.6 Å². The Bertz CT molecular complexity index is 349. The Labute approximate surface area is 114 Å². The van der Waals surface area contributed by atoms with E-state index < -0.39 is 11.5 Å². The molecule has 0 aromatic rings. The van der Waals surface area contributed by atoms with Gasteiger partial charge in [0.2, 0.25) is 0 Å². The predicted octanol–water partition coefficient (Wildman–Crippen LogP) is 2.36. The van der Waals surface area contributed by atoms with Crippen molar-refractivity contribution in [2.24, 2.45) is 0 Å². The zero-order valence-electron chi connectivity index (χ0n) is 11.7. The third kappa shape index (κ3) is 3.01. The minimum atomic E-state index is -1.05. The molecule has 2 fully saturated rings. The van der Waals surface area contributed by atoms with Crippen molar-refractivity contribution in [2.45, 2.75) is 69.9 Å². The molecule has 1 saturated carbocycles. The van der Waals surface area contributed by atoms with Crippen LogP contribution < -0.4 is 5.32 Å². The summed E-state index contributed by atoms with van der Waals surface area (Å²) >= 11 is 0. The van der Waals surface area contributed by atoms with Gasteiger partial charge in [-0.2, -0.15) is 0 Å². The van der Waals surface area contributed by atoms with Crippen LogP contribution in [0.3, 0.4) is 0 Å². The van der Waals surface area contributed by atoms with E-state index in [0.29, 0.717) is 12.8 Å². The van der Waals surface area contributed by atoms with E-state index in [1.54, 1.807) is 4.90 Å². The van der Waals surface area contributed by atoms with Crippen LogP contribution in [0.4, 0.5) is 4.79 Å². The van der Waals surface area contributed by atoms with Crippen molar-refractivity contribution in [1.29, 1.82) is 0 Å². The summed E-state index contributed by atoms with van der Waals surface area (Å²) in [5.74, 6) is -0.880. The number of urea groups is 1. The fourth-order valence-electron chi connectivity index (χ4n) is 3.24. The number of nitrogens with zero attached hydrogens (tertiary/aromatic N) is 1. The molecule has 5 nitrogen and oxygen atoms in total. The Hall–Kier alpha value is -1.26. The lowest BCUT2D eigenvalue weighted by molar-refractivity contribution is -0.145. The van der Waals surface area contributed by atoms with Crippen LogP contribution in [0.25, 0.3) is 0 Å². The van der Waals surface area contributed by atoms with Crippen LogP contribution in [0.15, 0.2) is 0 Å². The van der Waals surface area contributed by atoms with Crippen LogP contribution in [-0.2, 0) is 4.79 Å². The zero-order chi connectivity index (χ0) is 13.9. The summed E-state index contributed by atoms with van der Waals surface area (Å²) in [4.78, 5) is 25.7. The highest BCUT2D eigenvalue weighted by atomic mass is 16.4. The summed E-state index contributed by atoms with van der Waals surface area (Å²) in [6.07, 6.45) is 7.00. The van der Waals surface area contributed by atoms with Crippen molar-refractivity contribution in [3.8, 4) is 0 Å². The molecule has 0 aromatic heterocycles. The zero-order valence-corrected chi connectivity index (χ0v) is 11.7. The standard InChI is InChI=1S/C14H24N2O3/c1-11-7-6-10-16(11)13(19)15-14(12(17)18)8-4-2-3-5-9-14/h11H,2-10H2,1H3,(H,15,19)(H,17,18). The maximum Gasteiger partial charge on any atom is 0.329 e. The largest absolute Gasteiger partial charge is 0.480 e. The third-order valence-corrected chi connectivity index (χ3v) is 4.53. The van der Waals surface area contributed by atoms with Crippen molar-refractivity contribution >= 4 is 12.0 Å². The van der Waals surface area contributed by atoms with Gasteiger partial charge in [0.25, 0.3) is 0 Å². The maximum absolute atomic E-state index is 12.3. The minimum absolute atomic E-state index is 0.200. The lowest BCUT2D eigenvalue weighted by atomic mass is 9.90. The number of hydrogen-bond donors (Lipinski definition) is 2. The van der Waals surface area contributed by atoms with Crippen LogP contribution in [0.2, 0.25) is 0 Å².